The maximum absolute atomic E-state index is 13.7. The van der Waals surface area contributed by atoms with Crippen molar-refractivity contribution in [3.63, 3.8) is 0 Å². The number of hydrogen-bond acceptors (Lipinski definition) is 7. The molecule has 11 heteroatoms. The van der Waals surface area contributed by atoms with E-state index in [9.17, 15) is 18.0 Å². The number of carbonyl (C=O) groups excluding carboxylic acids is 1. The van der Waals surface area contributed by atoms with E-state index in [-0.39, 0.29) is 30.1 Å². The Hall–Kier alpha value is -3.63. The van der Waals surface area contributed by atoms with Gasteiger partial charge >= 0.3 is 6.18 Å². The molecule has 176 valence electrons. The number of likely N-dealkylation sites (tertiary alicyclic amines) is 1. The summed E-state index contributed by atoms with van der Waals surface area (Å²) in [6.45, 7) is 2.47. The van der Waals surface area contributed by atoms with E-state index in [1.807, 2.05) is 6.92 Å². The lowest BCUT2D eigenvalue weighted by atomic mass is 10.0. The van der Waals surface area contributed by atoms with E-state index in [1.54, 1.807) is 35.5 Å². The van der Waals surface area contributed by atoms with E-state index in [0.29, 0.717) is 41.7 Å². The first kappa shape index (κ1) is 22.2. The highest BCUT2D eigenvalue weighted by atomic mass is 19.4. The minimum atomic E-state index is -4.57. The molecule has 1 saturated heterocycles. The number of hydrogen-bond donors (Lipinski definition) is 0. The third-order valence-corrected chi connectivity index (χ3v) is 6.16. The number of aryl methyl sites for hydroxylation is 1. The van der Waals surface area contributed by atoms with Gasteiger partial charge in [-0.3, -0.25) is 4.79 Å². The lowest BCUT2D eigenvalue weighted by molar-refractivity contribution is -0.141. The van der Waals surface area contributed by atoms with Crippen molar-refractivity contribution in [2.75, 3.05) is 13.2 Å². The Morgan fingerprint density at radius 1 is 1.09 bits per heavy atom. The summed E-state index contributed by atoms with van der Waals surface area (Å²) in [5.74, 6) is 1.09. The second-order valence-corrected chi connectivity index (χ2v) is 8.57. The first-order chi connectivity index (χ1) is 16.3. The van der Waals surface area contributed by atoms with Gasteiger partial charge in [-0.05, 0) is 49.8 Å². The van der Waals surface area contributed by atoms with Crippen LogP contribution in [-0.2, 0) is 6.18 Å². The number of alkyl halides is 3. The molecule has 5 rings (SSSR count). The standard InChI is InChI=1S/C23H21F3N6O2/c1-13-3-4-17(21-27-5-2-6-28-21)20(31-13)22(33)32-11-15-7-14(15)8-16(32)12-34-19-10-29-18(9-30-19)23(24,25)26/h2-6,9-10,14-16H,7-8,11-12H2,1H3/t14-,15+,16-/m0/s1. The molecular formula is C23H21F3N6O2. The molecule has 34 heavy (non-hydrogen) atoms. The van der Waals surface area contributed by atoms with Crippen LogP contribution in [0.3, 0.4) is 0 Å². The summed E-state index contributed by atoms with van der Waals surface area (Å²) >= 11 is 0. The summed E-state index contributed by atoms with van der Waals surface area (Å²) in [4.78, 5) is 35.6. The lowest BCUT2D eigenvalue weighted by Gasteiger charge is -2.35. The fourth-order valence-corrected chi connectivity index (χ4v) is 4.30. The van der Waals surface area contributed by atoms with Crippen LogP contribution in [0, 0.1) is 18.8 Å². The van der Waals surface area contributed by atoms with Gasteiger partial charge in [-0.25, -0.2) is 24.9 Å². The van der Waals surface area contributed by atoms with Gasteiger partial charge in [-0.15, -0.1) is 0 Å². The van der Waals surface area contributed by atoms with Crippen LogP contribution >= 0.6 is 0 Å². The minimum Gasteiger partial charge on any atom is -0.474 e. The summed E-state index contributed by atoms with van der Waals surface area (Å²) in [6.07, 6.45) is 2.01. The maximum atomic E-state index is 13.7. The molecule has 3 atom stereocenters. The monoisotopic (exact) mass is 470 g/mol. The summed E-state index contributed by atoms with van der Waals surface area (Å²) in [6, 6.07) is 5.02. The van der Waals surface area contributed by atoms with Crippen molar-refractivity contribution in [3.8, 4) is 17.3 Å². The molecule has 1 amide bonds. The molecule has 2 fully saturated rings. The first-order valence-corrected chi connectivity index (χ1v) is 10.9. The molecule has 4 heterocycles. The maximum Gasteiger partial charge on any atom is 0.434 e. The van der Waals surface area contributed by atoms with Crippen LogP contribution in [0.15, 0.2) is 43.0 Å². The van der Waals surface area contributed by atoms with Crippen molar-refractivity contribution in [2.45, 2.75) is 32.0 Å². The Morgan fingerprint density at radius 3 is 2.59 bits per heavy atom. The predicted molar refractivity (Wildman–Crippen MR) is 114 cm³/mol. The number of fused-ring (bicyclic) bond motifs is 1. The number of pyridine rings is 1. The molecule has 1 aliphatic heterocycles. The third kappa shape index (κ3) is 4.55. The van der Waals surface area contributed by atoms with Gasteiger partial charge in [0.15, 0.2) is 11.5 Å². The molecule has 0 N–H and O–H groups in total. The van der Waals surface area contributed by atoms with E-state index in [2.05, 4.69) is 24.9 Å². The highest BCUT2D eigenvalue weighted by molar-refractivity contribution is 5.98. The molecule has 0 spiro atoms. The highest BCUT2D eigenvalue weighted by Crippen LogP contribution is 2.47. The Morgan fingerprint density at radius 2 is 1.88 bits per heavy atom. The molecule has 0 aromatic carbocycles. The van der Waals surface area contributed by atoms with E-state index < -0.39 is 11.9 Å². The van der Waals surface area contributed by atoms with Crippen LogP contribution in [0.25, 0.3) is 11.4 Å². The molecule has 0 bridgehead atoms. The van der Waals surface area contributed by atoms with E-state index in [1.165, 1.54) is 0 Å². The van der Waals surface area contributed by atoms with Gasteiger partial charge in [0.2, 0.25) is 5.88 Å². The highest BCUT2D eigenvalue weighted by Gasteiger charge is 2.48. The number of amides is 1. The normalized spacial score (nSPS) is 21.6. The average Bonchev–Trinajstić information content (AvgIpc) is 3.60. The largest absolute Gasteiger partial charge is 0.474 e. The number of carbonyl (C=O) groups is 1. The van der Waals surface area contributed by atoms with Gasteiger partial charge in [-0.1, -0.05) is 0 Å². The zero-order chi connectivity index (χ0) is 23.9. The van der Waals surface area contributed by atoms with Crippen LogP contribution in [0.2, 0.25) is 0 Å². The first-order valence-electron chi connectivity index (χ1n) is 10.9. The number of aromatic nitrogens is 5. The molecule has 1 saturated carbocycles. The van der Waals surface area contributed by atoms with Crippen molar-refractivity contribution in [3.05, 3.63) is 60.1 Å². The molecule has 3 aromatic rings. The number of halogens is 3. The van der Waals surface area contributed by atoms with Gasteiger partial charge in [0.1, 0.15) is 12.3 Å². The quantitative estimate of drug-likeness (QED) is 0.563. The summed E-state index contributed by atoms with van der Waals surface area (Å²) < 4.78 is 43.8. The zero-order valence-corrected chi connectivity index (χ0v) is 18.2. The SMILES string of the molecule is Cc1ccc(-c2ncccn2)c(C(=O)N2C[C@H]3C[C@H]3C[C@H]2COc2cnc(C(F)(F)F)cn2)n1. The van der Waals surface area contributed by atoms with Crippen LogP contribution in [-0.4, -0.2) is 54.9 Å². The van der Waals surface area contributed by atoms with Crippen LogP contribution in [0.5, 0.6) is 5.88 Å². The lowest BCUT2D eigenvalue weighted by Crippen LogP contribution is -2.48. The molecule has 3 aromatic heterocycles. The van der Waals surface area contributed by atoms with Crippen molar-refractivity contribution in [1.82, 2.24) is 29.8 Å². The second-order valence-electron chi connectivity index (χ2n) is 8.57. The predicted octanol–water partition coefficient (Wildman–Crippen LogP) is 3.59. The topological polar surface area (TPSA) is 94.0 Å². The van der Waals surface area contributed by atoms with Crippen molar-refractivity contribution in [2.24, 2.45) is 11.8 Å². The minimum absolute atomic E-state index is 0.0228. The molecule has 1 aliphatic carbocycles. The molecule has 0 unspecified atom stereocenters. The molecule has 0 radical (unpaired) electrons. The van der Waals surface area contributed by atoms with Crippen LogP contribution < -0.4 is 4.74 Å². The van der Waals surface area contributed by atoms with E-state index in [0.717, 1.165) is 19.0 Å². The average molecular weight is 470 g/mol. The van der Waals surface area contributed by atoms with Crippen molar-refractivity contribution < 1.29 is 22.7 Å². The summed E-state index contributed by atoms with van der Waals surface area (Å²) in [5, 5.41) is 0. The number of nitrogens with zero attached hydrogens (tertiary/aromatic N) is 6. The fourth-order valence-electron chi connectivity index (χ4n) is 4.30. The Labute approximate surface area is 193 Å². The van der Waals surface area contributed by atoms with Gasteiger partial charge in [0.25, 0.3) is 5.91 Å². The number of piperidine rings is 1. The molecule has 2 aliphatic rings. The van der Waals surface area contributed by atoms with Crippen LogP contribution in [0.1, 0.15) is 34.7 Å². The zero-order valence-electron chi connectivity index (χ0n) is 18.2. The smallest absolute Gasteiger partial charge is 0.434 e. The van der Waals surface area contributed by atoms with Gasteiger partial charge in [0.05, 0.1) is 24.0 Å². The fraction of sp³-hybridized carbons (Fsp3) is 0.391. The van der Waals surface area contributed by atoms with Gasteiger partial charge < -0.3 is 9.64 Å². The summed E-state index contributed by atoms with van der Waals surface area (Å²) in [5.41, 5.74) is 0.417. The molecule has 8 nitrogen and oxygen atoms in total. The number of ether oxygens (including phenoxy) is 1. The van der Waals surface area contributed by atoms with E-state index in [4.69, 9.17) is 4.74 Å². The van der Waals surface area contributed by atoms with Crippen molar-refractivity contribution in [1.29, 1.82) is 0 Å². The van der Waals surface area contributed by atoms with Crippen molar-refractivity contribution >= 4 is 5.91 Å². The third-order valence-electron chi connectivity index (χ3n) is 6.16. The summed E-state index contributed by atoms with van der Waals surface area (Å²) in [7, 11) is 0. The number of rotatable bonds is 5. The van der Waals surface area contributed by atoms with Gasteiger partial charge in [0, 0.05) is 24.6 Å². The Kier molecular flexibility index (Phi) is 5.62. The Balaban J connectivity index is 1.37. The van der Waals surface area contributed by atoms with Crippen LogP contribution in [0.4, 0.5) is 13.2 Å². The second kappa shape index (κ2) is 8.62. The molecular weight excluding hydrogens is 449 g/mol. The van der Waals surface area contributed by atoms with Gasteiger partial charge in [-0.2, -0.15) is 13.2 Å². The van der Waals surface area contributed by atoms with E-state index >= 15 is 0 Å². The Bertz CT molecular complexity index is 1190.